The number of hydrogen-bond acceptors (Lipinski definition) is 5. The first-order valence-electron chi connectivity index (χ1n) is 8.09. The molecule has 5 nitrogen and oxygen atoms in total. The zero-order valence-electron chi connectivity index (χ0n) is 14.5. The van der Waals surface area contributed by atoms with Gasteiger partial charge in [-0.1, -0.05) is 0 Å². The van der Waals surface area contributed by atoms with Crippen LogP contribution in [0.5, 0.6) is 0 Å². The van der Waals surface area contributed by atoms with Gasteiger partial charge >= 0.3 is 0 Å². The molecule has 0 aliphatic carbocycles. The van der Waals surface area contributed by atoms with E-state index in [1.54, 1.807) is 0 Å². The molecule has 0 bridgehead atoms. The lowest BCUT2D eigenvalue weighted by Crippen LogP contribution is -2.41. The van der Waals surface area contributed by atoms with Crippen molar-refractivity contribution >= 4 is 42.1 Å². The molecule has 140 valence electrons. The predicted molar refractivity (Wildman–Crippen MR) is 106 cm³/mol. The summed E-state index contributed by atoms with van der Waals surface area (Å²) in [4.78, 5) is 18.9. The first-order valence-corrected chi connectivity index (χ1v) is 8.97. The van der Waals surface area contributed by atoms with Crippen molar-refractivity contribution in [3.05, 3.63) is 29.0 Å². The van der Waals surface area contributed by atoms with Crippen LogP contribution in [0.1, 0.15) is 24.3 Å². The Bertz CT molecular complexity index is 666. The molecule has 0 unspecified atom stereocenters. The van der Waals surface area contributed by atoms with Crippen LogP contribution < -0.4 is 5.32 Å². The zero-order valence-corrected chi connectivity index (χ0v) is 16.9. The minimum absolute atomic E-state index is 0. The van der Waals surface area contributed by atoms with E-state index >= 15 is 0 Å². The van der Waals surface area contributed by atoms with Crippen LogP contribution in [0.2, 0.25) is 0 Å². The molecule has 1 saturated heterocycles. The quantitative estimate of drug-likeness (QED) is 0.825. The van der Waals surface area contributed by atoms with E-state index < -0.39 is 0 Å². The molecule has 3 rings (SSSR count). The van der Waals surface area contributed by atoms with E-state index in [1.807, 2.05) is 36.4 Å². The average Bonchev–Trinajstić information content (AvgIpc) is 3.17. The number of halogens is 2. The molecular formula is C17H25Cl2N3O2S. The molecule has 0 aromatic carbocycles. The van der Waals surface area contributed by atoms with Crippen LogP contribution in [0, 0.1) is 12.8 Å². The highest BCUT2D eigenvalue weighted by Gasteiger charge is 2.23. The van der Waals surface area contributed by atoms with E-state index in [2.05, 4.69) is 10.3 Å². The number of amides is 1. The highest BCUT2D eigenvalue weighted by Crippen LogP contribution is 2.26. The standard InChI is InChI=1S/C17H23N3O2S.2ClH/c1-12-3-4-15(22-12)17-19-14(11-23-17)9-16(21)20-7-5-13(6-8-20)10-18-2;;/h3-4,11,13,18H,5-10H2,1-2H3;2*1H. The third kappa shape index (κ3) is 5.71. The fourth-order valence-corrected chi connectivity index (χ4v) is 3.77. The van der Waals surface area contributed by atoms with Crippen molar-refractivity contribution in [2.24, 2.45) is 5.92 Å². The summed E-state index contributed by atoms with van der Waals surface area (Å²) in [6.07, 6.45) is 2.55. The monoisotopic (exact) mass is 405 g/mol. The fourth-order valence-electron chi connectivity index (χ4n) is 2.99. The van der Waals surface area contributed by atoms with Crippen LogP contribution in [-0.4, -0.2) is 42.5 Å². The van der Waals surface area contributed by atoms with Gasteiger partial charge in [0.15, 0.2) is 10.8 Å². The van der Waals surface area contributed by atoms with Crippen LogP contribution in [0.4, 0.5) is 0 Å². The van der Waals surface area contributed by atoms with Gasteiger partial charge in [-0.2, -0.15) is 0 Å². The van der Waals surface area contributed by atoms with Crippen molar-refractivity contribution < 1.29 is 9.21 Å². The highest BCUT2D eigenvalue weighted by atomic mass is 35.5. The van der Waals surface area contributed by atoms with Crippen LogP contribution in [0.25, 0.3) is 10.8 Å². The van der Waals surface area contributed by atoms with Gasteiger partial charge in [-0.05, 0) is 51.4 Å². The number of carbonyl (C=O) groups excluding carboxylic acids is 1. The number of rotatable bonds is 5. The van der Waals surface area contributed by atoms with Crippen molar-refractivity contribution in [3.63, 3.8) is 0 Å². The van der Waals surface area contributed by atoms with Gasteiger partial charge in [0.25, 0.3) is 0 Å². The summed E-state index contributed by atoms with van der Waals surface area (Å²) >= 11 is 1.53. The van der Waals surface area contributed by atoms with Gasteiger partial charge in [0.1, 0.15) is 5.76 Å². The van der Waals surface area contributed by atoms with Crippen molar-refractivity contribution in [2.45, 2.75) is 26.2 Å². The zero-order chi connectivity index (χ0) is 16.2. The molecule has 0 radical (unpaired) electrons. The number of likely N-dealkylation sites (tertiary alicyclic amines) is 1. The van der Waals surface area contributed by atoms with Gasteiger partial charge < -0.3 is 14.6 Å². The van der Waals surface area contributed by atoms with Crippen LogP contribution >= 0.6 is 36.2 Å². The first-order chi connectivity index (χ1) is 11.2. The van der Waals surface area contributed by atoms with Crippen molar-refractivity contribution in [1.82, 2.24) is 15.2 Å². The summed E-state index contributed by atoms with van der Waals surface area (Å²) in [5.41, 5.74) is 0.835. The van der Waals surface area contributed by atoms with Crippen molar-refractivity contribution in [1.29, 1.82) is 0 Å². The summed E-state index contributed by atoms with van der Waals surface area (Å²) < 4.78 is 5.59. The maximum atomic E-state index is 12.4. The number of aryl methyl sites for hydroxylation is 1. The molecule has 0 spiro atoms. The van der Waals surface area contributed by atoms with Gasteiger partial charge in [0.05, 0.1) is 12.1 Å². The van der Waals surface area contributed by atoms with Gasteiger partial charge in [0.2, 0.25) is 5.91 Å². The Morgan fingerprint density at radius 1 is 1.36 bits per heavy atom. The molecular weight excluding hydrogens is 381 g/mol. The lowest BCUT2D eigenvalue weighted by Gasteiger charge is -2.31. The van der Waals surface area contributed by atoms with E-state index in [1.165, 1.54) is 11.3 Å². The SMILES string of the molecule is CNCC1CCN(C(=O)Cc2csc(-c3ccc(C)o3)n2)CC1.Cl.Cl. The first kappa shape index (κ1) is 22.0. The molecule has 1 fully saturated rings. The van der Waals surface area contributed by atoms with Gasteiger partial charge in [-0.25, -0.2) is 4.98 Å². The molecule has 1 aliphatic rings. The Morgan fingerprint density at radius 3 is 2.68 bits per heavy atom. The molecule has 25 heavy (non-hydrogen) atoms. The third-order valence-corrected chi connectivity index (χ3v) is 5.20. The van der Waals surface area contributed by atoms with Crippen LogP contribution in [0.3, 0.4) is 0 Å². The Labute approximate surface area is 165 Å². The number of hydrogen-bond donors (Lipinski definition) is 1. The summed E-state index contributed by atoms with van der Waals surface area (Å²) in [7, 11) is 1.98. The summed E-state index contributed by atoms with van der Waals surface area (Å²) in [5.74, 6) is 2.52. The third-order valence-electron chi connectivity index (χ3n) is 4.30. The molecule has 8 heteroatoms. The molecule has 1 N–H and O–H groups in total. The fraction of sp³-hybridized carbons (Fsp3) is 0.529. The van der Waals surface area contributed by atoms with E-state index in [-0.39, 0.29) is 30.7 Å². The smallest absolute Gasteiger partial charge is 0.228 e. The normalized spacial score (nSPS) is 14.7. The lowest BCUT2D eigenvalue weighted by atomic mass is 9.96. The summed E-state index contributed by atoms with van der Waals surface area (Å²) in [6.45, 7) is 4.68. The number of thiazole rings is 1. The van der Waals surface area contributed by atoms with E-state index in [0.717, 1.165) is 54.7 Å². The molecule has 0 atom stereocenters. The lowest BCUT2D eigenvalue weighted by molar-refractivity contribution is -0.131. The van der Waals surface area contributed by atoms with Crippen molar-refractivity contribution in [3.8, 4) is 10.8 Å². The Balaban J connectivity index is 0.00000156. The van der Waals surface area contributed by atoms with Gasteiger partial charge in [-0.15, -0.1) is 36.2 Å². The average molecular weight is 406 g/mol. The number of piperidine rings is 1. The van der Waals surface area contributed by atoms with Crippen LogP contribution in [0.15, 0.2) is 21.9 Å². The molecule has 2 aromatic heterocycles. The number of nitrogens with one attached hydrogen (secondary N) is 1. The van der Waals surface area contributed by atoms with E-state index in [0.29, 0.717) is 12.3 Å². The maximum absolute atomic E-state index is 12.4. The second-order valence-corrected chi connectivity index (χ2v) is 6.97. The predicted octanol–water partition coefficient (Wildman–Crippen LogP) is 3.56. The largest absolute Gasteiger partial charge is 0.459 e. The molecule has 1 aliphatic heterocycles. The molecule has 0 saturated carbocycles. The van der Waals surface area contributed by atoms with Gasteiger partial charge in [0, 0.05) is 18.5 Å². The highest BCUT2D eigenvalue weighted by molar-refractivity contribution is 7.13. The van der Waals surface area contributed by atoms with Crippen LogP contribution in [-0.2, 0) is 11.2 Å². The number of nitrogens with zero attached hydrogens (tertiary/aromatic N) is 2. The van der Waals surface area contributed by atoms with Gasteiger partial charge in [-0.3, -0.25) is 4.79 Å². The summed E-state index contributed by atoms with van der Waals surface area (Å²) in [6, 6.07) is 3.85. The van der Waals surface area contributed by atoms with E-state index in [4.69, 9.17) is 4.42 Å². The maximum Gasteiger partial charge on any atom is 0.228 e. The minimum Gasteiger partial charge on any atom is -0.459 e. The number of furan rings is 1. The number of carbonyl (C=O) groups is 1. The Morgan fingerprint density at radius 2 is 2.08 bits per heavy atom. The molecule has 3 heterocycles. The Hall–Kier alpha value is -1.08. The molecule has 1 amide bonds. The van der Waals surface area contributed by atoms with E-state index in [9.17, 15) is 4.79 Å². The Kier molecular flexibility index (Phi) is 8.93. The number of aromatic nitrogens is 1. The summed E-state index contributed by atoms with van der Waals surface area (Å²) in [5, 5.41) is 6.02. The minimum atomic E-state index is 0. The second kappa shape index (κ2) is 10.2. The van der Waals surface area contributed by atoms with Crippen molar-refractivity contribution in [2.75, 3.05) is 26.7 Å². The second-order valence-electron chi connectivity index (χ2n) is 6.11. The topological polar surface area (TPSA) is 58.4 Å². The molecule has 2 aromatic rings.